The molecule has 3 heterocycles. The quantitative estimate of drug-likeness (QED) is 0.783. The molecule has 0 saturated carbocycles. The van der Waals surface area contributed by atoms with Crippen molar-refractivity contribution in [1.82, 2.24) is 15.5 Å². The second-order valence-electron chi connectivity index (χ2n) is 8.15. The van der Waals surface area contributed by atoms with E-state index >= 15 is 0 Å². The summed E-state index contributed by atoms with van der Waals surface area (Å²) >= 11 is 0. The molecular weight excluding hydrogens is 340 g/mol. The number of rotatable bonds is 4. The molecule has 0 spiro atoms. The first-order valence-corrected chi connectivity index (χ1v) is 10.3. The zero-order chi connectivity index (χ0) is 18.6. The Morgan fingerprint density at radius 2 is 1.52 bits per heavy atom. The van der Waals surface area contributed by atoms with Crippen LogP contribution < -0.4 is 15.5 Å². The second kappa shape index (κ2) is 8.40. The van der Waals surface area contributed by atoms with E-state index in [1.807, 2.05) is 0 Å². The van der Waals surface area contributed by atoms with Crippen LogP contribution in [0.4, 0.5) is 5.69 Å². The Hall–Kier alpha value is -1.92. The van der Waals surface area contributed by atoms with E-state index in [1.54, 1.807) is 0 Å². The third-order valence-electron chi connectivity index (χ3n) is 6.22. The van der Waals surface area contributed by atoms with Gasteiger partial charge in [0.15, 0.2) is 0 Å². The SMILES string of the molecule is O=C1CC(c2ccc(N3CCN(CC4CCNCC4)CC3)cc2)CC(=O)N1. The molecule has 3 fully saturated rings. The van der Waals surface area contributed by atoms with E-state index in [-0.39, 0.29) is 17.7 Å². The molecule has 3 aliphatic heterocycles. The Labute approximate surface area is 161 Å². The van der Waals surface area contributed by atoms with Gasteiger partial charge in [-0.2, -0.15) is 0 Å². The average molecular weight is 370 g/mol. The summed E-state index contributed by atoms with van der Waals surface area (Å²) in [6.45, 7) is 7.97. The molecule has 0 radical (unpaired) electrons. The van der Waals surface area contributed by atoms with Gasteiger partial charge in [-0.25, -0.2) is 0 Å². The highest BCUT2D eigenvalue weighted by molar-refractivity contribution is 5.98. The lowest BCUT2D eigenvalue weighted by atomic mass is 9.89. The van der Waals surface area contributed by atoms with Gasteiger partial charge in [-0.1, -0.05) is 12.1 Å². The molecule has 146 valence electrons. The van der Waals surface area contributed by atoms with Gasteiger partial charge >= 0.3 is 0 Å². The van der Waals surface area contributed by atoms with E-state index in [0.29, 0.717) is 12.8 Å². The summed E-state index contributed by atoms with van der Waals surface area (Å²) in [5.74, 6) is 0.546. The molecule has 0 aromatic heterocycles. The van der Waals surface area contributed by atoms with Crippen molar-refractivity contribution < 1.29 is 9.59 Å². The molecule has 2 amide bonds. The van der Waals surface area contributed by atoms with E-state index in [1.165, 1.54) is 38.2 Å². The highest BCUT2D eigenvalue weighted by Crippen LogP contribution is 2.28. The topological polar surface area (TPSA) is 64.7 Å². The maximum atomic E-state index is 11.6. The summed E-state index contributed by atoms with van der Waals surface area (Å²) in [7, 11) is 0. The molecule has 0 bridgehead atoms. The second-order valence-corrected chi connectivity index (χ2v) is 8.15. The van der Waals surface area contributed by atoms with E-state index < -0.39 is 0 Å². The van der Waals surface area contributed by atoms with Gasteiger partial charge in [0, 0.05) is 57.2 Å². The Morgan fingerprint density at radius 1 is 0.889 bits per heavy atom. The number of amides is 2. The van der Waals surface area contributed by atoms with Crippen LogP contribution >= 0.6 is 0 Å². The predicted octanol–water partition coefficient (Wildman–Crippen LogP) is 1.33. The van der Waals surface area contributed by atoms with E-state index in [0.717, 1.165) is 37.7 Å². The van der Waals surface area contributed by atoms with Crippen molar-refractivity contribution >= 4 is 17.5 Å². The van der Waals surface area contributed by atoms with Crippen LogP contribution in [0, 0.1) is 5.92 Å². The van der Waals surface area contributed by atoms with Crippen molar-refractivity contribution in [3.8, 4) is 0 Å². The first-order chi connectivity index (χ1) is 13.2. The van der Waals surface area contributed by atoms with E-state index in [4.69, 9.17) is 0 Å². The van der Waals surface area contributed by atoms with Crippen molar-refractivity contribution in [2.24, 2.45) is 5.92 Å². The first-order valence-electron chi connectivity index (χ1n) is 10.3. The zero-order valence-electron chi connectivity index (χ0n) is 16.0. The largest absolute Gasteiger partial charge is 0.369 e. The van der Waals surface area contributed by atoms with Crippen molar-refractivity contribution in [3.63, 3.8) is 0 Å². The van der Waals surface area contributed by atoms with Crippen LogP contribution in [0.3, 0.4) is 0 Å². The number of imide groups is 1. The monoisotopic (exact) mass is 370 g/mol. The molecule has 1 aromatic carbocycles. The summed E-state index contributed by atoms with van der Waals surface area (Å²) in [4.78, 5) is 28.3. The predicted molar refractivity (Wildman–Crippen MR) is 106 cm³/mol. The summed E-state index contributed by atoms with van der Waals surface area (Å²) < 4.78 is 0. The minimum Gasteiger partial charge on any atom is -0.369 e. The number of nitrogens with zero attached hydrogens (tertiary/aromatic N) is 2. The standard InChI is InChI=1S/C21H30N4O2/c26-20-13-18(14-21(27)23-20)17-1-3-19(4-2-17)25-11-9-24(10-12-25)15-16-5-7-22-8-6-16/h1-4,16,18,22H,5-15H2,(H,23,26,27). The molecule has 3 saturated heterocycles. The smallest absolute Gasteiger partial charge is 0.227 e. The van der Waals surface area contributed by atoms with Gasteiger partial charge in [-0.05, 0) is 49.5 Å². The van der Waals surface area contributed by atoms with Crippen molar-refractivity contribution in [2.75, 3.05) is 50.7 Å². The van der Waals surface area contributed by atoms with Gasteiger partial charge in [0.05, 0.1) is 0 Å². The number of carbonyl (C=O) groups excluding carboxylic acids is 2. The minimum atomic E-state index is -0.162. The molecule has 3 aliphatic rings. The maximum absolute atomic E-state index is 11.6. The molecule has 0 unspecified atom stereocenters. The fraction of sp³-hybridized carbons (Fsp3) is 0.619. The lowest BCUT2D eigenvalue weighted by Crippen LogP contribution is -2.48. The molecule has 27 heavy (non-hydrogen) atoms. The third kappa shape index (κ3) is 4.68. The van der Waals surface area contributed by atoms with Crippen LogP contribution in [-0.4, -0.2) is 62.5 Å². The van der Waals surface area contributed by atoms with Gasteiger partial charge in [-0.15, -0.1) is 0 Å². The minimum absolute atomic E-state index is 0.0159. The highest BCUT2D eigenvalue weighted by Gasteiger charge is 2.26. The van der Waals surface area contributed by atoms with Crippen molar-refractivity contribution in [3.05, 3.63) is 29.8 Å². The molecule has 6 heteroatoms. The number of anilines is 1. The number of piperidine rings is 2. The number of hydrogen-bond acceptors (Lipinski definition) is 5. The average Bonchev–Trinajstić information content (AvgIpc) is 2.69. The third-order valence-corrected chi connectivity index (χ3v) is 6.22. The number of piperazine rings is 1. The zero-order valence-corrected chi connectivity index (χ0v) is 16.0. The molecular formula is C21H30N4O2. The molecule has 2 N–H and O–H groups in total. The van der Waals surface area contributed by atoms with Crippen molar-refractivity contribution in [1.29, 1.82) is 0 Å². The maximum Gasteiger partial charge on any atom is 0.227 e. The Balaban J connectivity index is 1.29. The molecule has 4 rings (SSSR count). The summed E-state index contributed by atoms with van der Waals surface area (Å²) in [5, 5.41) is 5.83. The van der Waals surface area contributed by atoms with Crippen LogP contribution in [0.2, 0.25) is 0 Å². The highest BCUT2D eigenvalue weighted by atomic mass is 16.2. The summed E-state index contributed by atoms with van der Waals surface area (Å²) in [6.07, 6.45) is 3.42. The molecule has 6 nitrogen and oxygen atoms in total. The molecule has 0 aliphatic carbocycles. The molecule has 1 aromatic rings. The normalized spacial score (nSPS) is 23.5. The van der Waals surface area contributed by atoms with Gasteiger partial charge in [-0.3, -0.25) is 19.8 Å². The lowest BCUT2D eigenvalue weighted by molar-refractivity contribution is -0.133. The van der Waals surface area contributed by atoms with Crippen LogP contribution in [0.5, 0.6) is 0 Å². The molecule has 0 atom stereocenters. The van der Waals surface area contributed by atoms with Gasteiger partial charge in [0.25, 0.3) is 0 Å². The summed E-state index contributed by atoms with van der Waals surface area (Å²) in [5.41, 5.74) is 2.33. The van der Waals surface area contributed by atoms with Crippen LogP contribution in [0.25, 0.3) is 0 Å². The number of carbonyl (C=O) groups is 2. The van der Waals surface area contributed by atoms with Gasteiger partial charge in [0.1, 0.15) is 0 Å². The fourth-order valence-electron chi connectivity index (χ4n) is 4.59. The van der Waals surface area contributed by atoms with Crippen molar-refractivity contribution in [2.45, 2.75) is 31.6 Å². The summed E-state index contributed by atoms with van der Waals surface area (Å²) in [6, 6.07) is 8.48. The Kier molecular flexibility index (Phi) is 5.74. The van der Waals surface area contributed by atoms with Crippen LogP contribution in [-0.2, 0) is 9.59 Å². The van der Waals surface area contributed by atoms with E-state index in [2.05, 4.69) is 44.7 Å². The lowest BCUT2D eigenvalue weighted by Gasteiger charge is -2.38. The number of benzene rings is 1. The fourth-order valence-corrected chi connectivity index (χ4v) is 4.59. The van der Waals surface area contributed by atoms with Gasteiger partial charge < -0.3 is 10.2 Å². The Bertz CT molecular complexity index is 645. The first kappa shape index (κ1) is 18.4. The van der Waals surface area contributed by atoms with Crippen LogP contribution in [0.15, 0.2) is 24.3 Å². The van der Waals surface area contributed by atoms with Crippen LogP contribution in [0.1, 0.15) is 37.2 Å². The number of hydrogen-bond donors (Lipinski definition) is 2. The van der Waals surface area contributed by atoms with E-state index in [9.17, 15) is 9.59 Å². The Morgan fingerprint density at radius 3 is 2.15 bits per heavy atom. The van der Waals surface area contributed by atoms with Gasteiger partial charge in [0.2, 0.25) is 11.8 Å². The number of nitrogens with one attached hydrogen (secondary N) is 2.